The predicted molar refractivity (Wildman–Crippen MR) is 59.4 cm³/mol. The predicted octanol–water partition coefficient (Wildman–Crippen LogP) is 0.575. The summed E-state index contributed by atoms with van der Waals surface area (Å²) in [5.74, 6) is 0.621. The van der Waals surface area contributed by atoms with Crippen LogP contribution in [-0.2, 0) is 4.74 Å². The van der Waals surface area contributed by atoms with E-state index in [2.05, 4.69) is 27.3 Å². The lowest BCUT2D eigenvalue weighted by molar-refractivity contribution is 0.0959. The van der Waals surface area contributed by atoms with Gasteiger partial charge in [0.25, 0.3) is 0 Å². The molecule has 16 heavy (non-hydrogen) atoms. The molecule has 0 radical (unpaired) electrons. The standard InChI is InChI=1S/C10H18N4O2/c1-7-6-15-5-4-14(7)10-13-12-9(16-10)8(2)11-3/h7-8,11H,4-6H2,1-3H3. The first-order chi connectivity index (χ1) is 7.72. The molecule has 0 spiro atoms. The Labute approximate surface area is 95.0 Å². The third-order valence-corrected chi connectivity index (χ3v) is 2.85. The summed E-state index contributed by atoms with van der Waals surface area (Å²) in [5, 5.41) is 11.2. The summed E-state index contributed by atoms with van der Waals surface area (Å²) in [6, 6.07) is 0.956. The van der Waals surface area contributed by atoms with E-state index in [4.69, 9.17) is 9.15 Å². The molecule has 0 saturated carbocycles. The van der Waals surface area contributed by atoms with E-state index in [1.54, 1.807) is 0 Å². The zero-order valence-corrected chi connectivity index (χ0v) is 9.93. The van der Waals surface area contributed by atoms with Gasteiger partial charge in [-0.15, -0.1) is 5.10 Å². The summed E-state index contributed by atoms with van der Waals surface area (Å²) < 4.78 is 11.0. The highest BCUT2D eigenvalue weighted by Crippen LogP contribution is 2.20. The van der Waals surface area contributed by atoms with E-state index in [9.17, 15) is 0 Å². The van der Waals surface area contributed by atoms with Crippen LogP contribution in [0.4, 0.5) is 6.01 Å². The highest BCUT2D eigenvalue weighted by atomic mass is 16.5. The van der Waals surface area contributed by atoms with E-state index in [1.807, 2.05) is 14.0 Å². The number of hydrogen-bond acceptors (Lipinski definition) is 6. The molecule has 1 aromatic rings. The first-order valence-corrected chi connectivity index (χ1v) is 5.57. The molecule has 0 aromatic carbocycles. The van der Waals surface area contributed by atoms with Gasteiger partial charge in [0.05, 0.1) is 25.3 Å². The Morgan fingerprint density at radius 2 is 2.31 bits per heavy atom. The summed E-state index contributed by atoms with van der Waals surface area (Å²) in [6.07, 6.45) is 0. The lowest BCUT2D eigenvalue weighted by Crippen LogP contribution is -2.43. The fourth-order valence-corrected chi connectivity index (χ4v) is 1.65. The molecule has 6 heteroatoms. The fraction of sp³-hybridized carbons (Fsp3) is 0.800. The SMILES string of the molecule is CNC(C)c1nnc(N2CCOCC2C)o1. The molecule has 6 nitrogen and oxygen atoms in total. The molecule has 2 rings (SSSR count). The van der Waals surface area contributed by atoms with Crippen molar-refractivity contribution in [1.82, 2.24) is 15.5 Å². The van der Waals surface area contributed by atoms with Crippen LogP contribution in [0.5, 0.6) is 0 Å². The van der Waals surface area contributed by atoms with Crippen LogP contribution in [-0.4, -0.2) is 43.0 Å². The maximum Gasteiger partial charge on any atom is 0.318 e. The Balaban J connectivity index is 2.11. The number of anilines is 1. The Bertz CT molecular complexity index is 341. The number of nitrogens with one attached hydrogen (secondary N) is 1. The van der Waals surface area contributed by atoms with Crippen LogP contribution in [0.15, 0.2) is 4.42 Å². The summed E-state index contributed by atoms with van der Waals surface area (Å²) in [5.41, 5.74) is 0. The summed E-state index contributed by atoms with van der Waals surface area (Å²) >= 11 is 0. The third kappa shape index (κ3) is 2.17. The average Bonchev–Trinajstić information content (AvgIpc) is 2.78. The molecule has 0 bridgehead atoms. The second-order valence-electron chi connectivity index (χ2n) is 4.05. The van der Waals surface area contributed by atoms with Crippen molar-refractivity contribution in [1.29, 1.82) is 0 Å². The third-order valence-electron chi connectivity index (χ3n) is 2.85. The number of aromatic nitrogens is 2. The van der Waals surface area contributed by atoms with Gasteiger partial charge < -0.3 is 19.4 Å². The van der Waals surface area contributed by atoms with Gasteiger partial charge in [-0.1, -0.05) is 5.10 Å². The molecule has 2 atom stereocenters. The van der Waals surface area contributed by atoms with Crippen LogP contribution in [0.2, 0.25) is 0 Å². The smallest absolute Gasteiger partial charge is 0.318 e. The van der Waals surface area contributed by atoms with Crippen molar-refractivity contribution in [3.63, 3.8) is 0 Å². The van der Waals surface area contributed by atoms with E-state index in [-0.39, 0.29) is 12.1 Å². The second-order valence-corrected chi connectivity index (χ2v) is 4.05. The zero-order chi connectivity index (χ0) is 11.5. The Hall–Kier alpha value is -1.14. The Morgan fingerprint density at radius 3 is 3.00 bits per heavy atom. The number of rotatable bonds is 3. The van der Waals surface area contributed by atoms with Gasteiger partial charge in [0, 0.05) is 6.54 Å². The van der Waals surface area contributed by atoms with Gasteiger partial charge in [-0.25, -0.2) is 0 Å². The minimum atomic E-state index is 0.0811. The van der Waals surface area contributed by atoms with Crippen molar-refractivity contribution in [3.05, 3.63) is 5.89 Å². The Morgan fingerprint density at radius 1 is 1.50 bits per heavy atom. The Kier molecular flexibility index (Phi) is 3.40. The monoisotopic (exact) mass is 226 g/mol. The largest absolute Gasteiger partial charge is 0.406 e. The van der Waals surface area contributed by atoms with Crippen molar-refractivity contribution in [2.75, 3.05) is 31.7 Å². The number of morpholine rings is 1. The molecular formula is C10H18N4O2. The van der Waals surface area contributed by atoms with Gasteiger partial charge >= 0.3 is 6.01 Å². The van der Waals surface area contributed by atoms with Crippen LogP contribution in [0.25, 0.3) is 0 Å². The fourth-order valence-electron chi connectivity index (χ4n) is 1.65. The van der Waals surface area contributed by atoms with Gasteiger partial charge in [0.2, 0.25) is 5.89 Å². The minimum absolute atomic E-state index is 0.0811. The molecule has 0 aliphatic carbocycles. The molecule has 2 heterocycles. The molecule has 1 fully saturated rings. The molecule has 1 N–H and O–H groups in total. The zero-order valence-electron chi connectivity index (χ0n) is 9.93. The number of nitrogens with zero attached hydrogens (tertiary/aromatic N) is 3. The maximum atomic E-state index is 5.63. The number of hydrogen-bond donors (Lipinski definition) is 1. The van der Waals surface area contributed by atoms with Crippen LogP contribution >= 0.6 is 0 Å². The molecule has 1 aliphatic rings. The van der Waals surface area contributed by atoms with Crippen LogP contribution in [0.3, 0.4) is 0 Å². The number of ether oxygens (including phenoxy) is 1. The highest BCUT2D eigenvalue weighted by Gasteiger charge is 2.24. The molecule has 0 amide bonds. The van der Waals surface area contributed by atoms with Gasteiger partial charge in [0.15, 0.2) is 0 Å². The average molecular weight is 226 g/mol. The highest BCUT2D eigenvalue weighted by molar-refractivity contribution is 5.27. The van der Waals surface area contributed by atoms with Crippen molar-refractivity contribution in [3.8, 4) is 0 Å². The first kappa shape index (κ1) is 11.3. The summed E-state index contributed by atoms with van der Waals surface area (Å²) in [7, 11) is 1.87. The normalized spacial score (nSPS) is 23.4. The van der Waals surface area contributed by atoms with Crippen LogP contribution < -0.4 is 10.2 Å². The van der Waals surface area contributed by atoms with Crippen molar-refractivity contribution in [2.45, 2.75) is 25.9 Å². The van der Waals surface area contributed by atoms with Gasteiger partial charge in [-0.3, -0.25) is 0 Å². The summed E-state index contributed by atoms with van der Waals surface area (Å²) in [4.78, 5) is 2.09. The lowest BCUT2D eigenvalue weighted by Gasteiger charge is -2.31. The minimum Gasteiger partial charge on any atom is -0.406 e. The molecular weight excluding hydrogens is 208 g/mol. The van der Waals surface area contributed by atoms with Gasteiger partial charge in [-0.2, -0.15) is 0 Å². The molecule has 1 saturated heterocycles. The van der Waals surface area contributed by atoms with Gasteiger partial charge in [0.1, 0.15) is 0 Å². The quantitative estimate of drug-likeness (QED) is 0.813. The van der Waals surface area contributed by atoms with Crippen LogP contribution in [0, 0.1) is 0 Å². The van der Waals surface area contributed by atoms with Gasteiger partial charge in [-0.05, 0) is 20.9 Å². The molecule has 90 valence electrons. The van der Waals surface area contributed by atoms with Crippen LogP contribution in [0.1, 0.15) is 25.8 Å². The maximum absolute atomic E-state index is 5.63. The molecule has 1 aromatic heterocycles. The van der Waals surface area contributed by atoms with E-state index < -0.39 is 0 Å². The van der Waals surface area contributed by atoms with E-state index in [0.29, 0.717) is 25.1 Å². The molecule has 2 unspecified atom stereocenters. The van der Waals surface area contributed by atoms with E-state index in [1.165, 1.54) is 0 Å². The van der Waals surface area contributed by atoms with Crippen molar-refractivity contribution in [2.24, 2.45) is 0 Å². The van der Waals surface area contributed by atoms with Crippen molar-refractivity contribution >= 4 is 6.01 Å². The lowest BCUT2D eigenvalue weighted by atomic mass is 10.3. The summed E-state index contributed by atoms with van der Waals surface area (Å²) in [6.45, 7) is 6.30. The topological polar surface area (TPSA) is 63.4 Å². The first-order valence-electron chi connectivity index (χ1n) is 5.57. The van der Waals surface area contributed by atoms with E-state index >= 15 is 0 Å². The van der Waals surface area contributed by atoms with E-state index in [0.717, 1.165) is 6.54 Å². The molecule has 1 aliphatic heterocycles. The second kappa shape index (κ2) is 4.80. The van der Waals surface area contributed by atoms with Crippen molar-refractivity contribution < 1.29 is 9.15 Å².